The van der Waals surface area contributed by atoms with Crippen LogP contribution in [0.4, 0.5) is 0 Å². The van der Waals surface area contributed by atoms with E-state index in [0.717, 1.165) is 12.3 Å². The highest BCUT2D eigenvalue weighted by Crippen LogP contribution is 2.15. The van der Waals surface area contributed by atoms with Crippen molar-refractivity contribution >= 4 is 11.6 Å². The Hall–Kier alpha value is -0.530. The maximum absolute atomic E-state index is 5.70. The van der Waals surface area contributed by atoms with Gasteiger partial charge >= 0.3 is 0 Å². The van der Waals surface area contributed by atoms with Crippen LogP contribution in [-0.4, -0.2) is 30.4 Å². The first-order chi connectivity index (χ1) is 8.40. The molecule has 0 radical (unpaired) electrons. The molecule has 0 aliphatic carbocycles. The topological polar surface area (TPSA) is 3.24 Å². The Morgan fingerprint density at radius 1 is 0.941 bits per heavy atom. The Balaban J connectivity index is 1.78. The third kappa shape index (κ3) is 4.01. The molecule has 0 saturated carbocycles. The minimum Gasteiger partial charge on any atom is -0.303 e. The molecular weight excluding hydrogens is 230 g/mol. The zero-order chi connectivity index (χ0) is 11.9. The molecule has 17 heavy (non-hydrogen) atoms. The van der Waals surface area contributed by atoms with Gasteiger partial charge in [-0.2, -0.15) is 0 Å². The van der Waals surface area contributed by atoms with Crippen molar-refractivity contribution in [3.05, 3.63) is 35.4 Å². The van der Waals surface area contributed by atoms with Crippen LogP contribution in [0, 0.1) is 0 Å². The van der Waals surface area contributed by atoms with Gasteiger partial charge in [-0.1, -0.05) is 30.7 Å². The zero-order valence-electron chi connectivity index (χ0n) is 10.5. The van der Waals surface area contributed by atoms with Crippen molar-refractivity contribution in [3.8, 4) is 0 Å². The molecule has 0 saturated heterocycles. The molecule has 0 aromatic heterocycles. The molecule has 1 aliphatic rings. The third-order valence-corrected chi connectivity index (χ3v) is 3.89. The molecule has 2 heteroatoms. The summed E-state index contributed by atoms with van der Waals surface area (Å²) in [4.78, 5) is 2.61. The lowest BCUT2D eigenvalue weighted by molar-refractivity contribution is 0.281. The first kappa shape index (κ1) is 12.9. The number of halogens is 1. The Morgan fingerprint density at radius 2 is 1.59 bits per heavy atom. The van der Waals surface area contributed by atoms with E-state index in [4.69, 9.17) is 11.6 Å². The van der Waals surface area contributed by atoms with Crippen molar-refractivity contribution in [2.75, 3.05) is 25.5 Å². The van der Waals surface area contributed by atoms with Gasteiger partial charge in [0, 0.05) is 19.0 Å². The number of rotatable bonds is 5. The summed E-state index contributed by atoms with van der Waals surface area (Å²) in [6.45, 7) is 3.68. The van der Waals surface area contributed by atoms with Crippen LogP contribution in [0.1, 0.15) is 30.4 Å². The van der Waals surface area contributed by atoms with E-state index in [1.165, 1.54) is 45.3 Å². The number of nitrogens with zero attached hydrogens (tertiary/aromatic N) is 1. The highest BCUT2D eigenvalue weighted by Gasteiger charge is 2.12. The molecule has 0 amide bonds. The van der Waals surface area contributed by atoms with Gasteiger partial charge in [-0.05, 0) is 43.4 Å². The van der Waals surface area contributed by atoms with Gasteiger partial charge in [-0.15, -0.1) is 11.6 Å². The number of hydrogen-bond donors (Lipinski definition) is 0. The van der Waals surface area contributed by atoms with Crippen molar-refractivity contribution in [2.24, 2.45) is 0 Å². The molecule has 1 heterocycles. The maximum Gasteiger partial charge on any atom is 0.0223 e. The average molecular weight is 252 g/mol. The van der Waals surface area contributed by atoms with Gasteiger partial charge in [0.2, 0.25) is 0 Å². The molecule has 1 aromatic carbocycles. The van der Waals surface area contributed by atoms with Crippen LogP contribution in [0.15, 0.2) is 24.3 Å². The molecule has 1 aliphatic heterocycles. The molecule has 0 atom stereocenters. The second kappa shape index (κ2) is 7.03. The summed E-state index contributed by atoms with van der Waals surface area (Å²) in [5.41, 5.74) is 3.10. The highest BCUT2D eigenvalue weighted by atomic mass is 35.5. The van der Waals surface area contributed by atoms with E-state index in [0.29, 0.717) is 0 Å². The number of fused-ring (bicyclic) bond motifs is 1. The first-order valence-electron chi connectivity index (χ1n) is 6.75. The molecule has 94 valence electrons. The fourth-order valence-electron chi connectivity index (χ4n) is 2.54. The van der Waals surface area contributed by atoms with Gasteiger partial charge in [0.1, 0.15) is 0 Å². The minimum atomic E-state index is 0.811. The smallest absolute Gasteiger partial charge is 0.0223 e. The summed E-state index contributed by atoms with van der Waals surface area (Å²) >= 11 is 5.70. The van der Waals surface area contributed by atoms with E-state index in [9.17, 15) is 0 Å². The van der Waals surface area contributed by atoms with E-state index in [-0.39, 0.29) is 0 Å². The summed E-state index contributed by atoms with van der Waals surface area (Å²) in [6.07, 6.45) is 6.16. The number of alkyl halides is 1. The van der Waals surface area contributed by atoms with Crippen LogP contribution in [0.2, 0.25) is 0 Å². The molecule has 0 spiro atoms. The summed E-state index contributed by atoms with van der Waals surface area (Å²) in [6, 6.07) is 8.89. The van der Waals surface area contributed by atoms with Crippen LogP contribution in [0.5, 0.6) is 0 Å². The minimum absolute atomic E-state index is 0.811. The monoisotopic (exact) mass is 251 g/mol. The van der Waals surface area contributed by atoms with Crippen LogP contribution < -0.4 is 0 Å². The molecule has 0 N–H and O–H groups in total. The zero-order valence-corrected chi connectivity index (χ0v) is 11.3. The quantitative estimate of drug-likeness (QED) is 0.572. The average Bonchev–Trinajstić information content (AvgIpc) is 2.58. The second-order valence-corrected chi connectivity index (χ2v) is 5.24. The fourth-order valence-corrected chi connectivity index (χ4v) is 2.73. The molecule has 2 rings (SSSR count). The normalized spacial score (nSPS) is 16.5. The van der Waals surface area contributed by atoms with Gasteiger partial charge in [0.05, 0.1) is 0 Å². The summed E-state index contributed by atoms with van der Waals surface area (Å²) in [7, 11) is 0. The lowest BCUT2D eigenvalue weighted by Crippen LogP contribution is -2.27. The highest BCUT2D eigenvalue weighted by molar-refractivity contribution is 6.17. The maximum atomic E-state index is 5.70. The van der Waals surface area contributed by atoms with E-state index in [1.54, 1.807) is 11.1 Å². The van der Waals surface area contributed by atoms with Gasteiger partial charge in [0.25, 0.3) is 0 Å². The van der Waals surface area contributed by atoms with E-state index >= 15 is 0 Å². The lowest BCUT2D eigenvalue weighted by atomic mass is 10.0. The summed E-state index contributed by atoms with van der Waals surface area (Å²) in [5, 5.41) is 0. The summed E-state index contributed by atoms with van der Waals surface area (Å²) in [5.74, 6) is 0.811. The van der Waals surface area contributed by atoms with Crippen LogP contribution in [-0.2, 0) is 12.8 Å². The molecule has 0 bridgehead atoms. The SMILES string of the molecule is ClCCCCCN1CCc2ccccc2CC1. The number of benzene rings is 1. The van der Waals surface area contributed by atoms with Gasteiger partial charge in [-0.25, -0.2) is 0 Å². The Labute approximate surface area is 110 Å². The number of unbranched alkanes of at least 4 members (excludes halogenated alkanes) is 2. The van der Waals surface area contributed by atoms with Crippen LogP contribution in [0.3, 0.4) is 0 Å². The van der Waals surface area contributed by atoms with Crippen LogP contribution >= 0.6 is 11.6 Å². The first-order valence-corrected chi connectivity index (χ1v) is 7.28. The molecular formula is C15H22ClN. The standard InChI is InChI=1S/C15H22ClN/c16-10-4-1-5-11-17-12-8-14-6-2-3-7-15(14)9-13-17/h2-3,6-7H,1,4-5,8-13H2. The van der Waals surface area contributed by atoms with Crippen molar-refractivity contribution in [2.45, 2.75) is 32.1 Å². The molecule has 1 aromatic rings. The van der Waals surface area contributed by atoms with Crippen molar-refractivity contribution in [1.82, 2.24) is 4.90 Å². The van der Waals surface area contributed by atoms with Crippen LogP contribution in [0.25, 0.3) is 0 Å². The van der Waals surface area contributed by atoms with Crippen molar-refractivity contribution in [3.63, 3.8) is 0 Å². The molecule has 1 nitrogen and oxygen atoms in total. The van der Waals surface area contributed by atoms with Gasteiger partial charge < -0.3 is 4.90 Å². The Morgan fingerprint density at radius 3 is 2.18 bits per heavy atom. The third-order valence-electron chi connectivity index (χ3n) is 3.62. The van der Waals surface area contributed by atoms with Crippen molar-refractivity contribution in [1.29, 1.82) is 0 Å². The second-order valence-electron chi connectivity index (χ2n) is 4.86. The lowest BCUT2D eigenvalue weighted by Gasteiger charge is -2.19. The van der Waals surface area contributed by atoms with Crippen molar-refractivity contribution < 1.29 is 0 Å². The largest absolute Gasteiger partial charge is 0.303 e. The number of hydrogen-bond acceptors (Lipinski definition) is 1. The van der Waals surface area contributed by atoms with E-state index in [2.05, 4.69) is 29.2 Å². The Bertz CT molecular complexity index is 310. The predicted octanol–water partition coefficient (Wildman–Crippen LogP) is 3.50. The summed E-state index contributed by atoms with van der Waals surface area (Å²) < 4.78 is 0. The van der Waals surface area contributed by atoms with Gasteiger partial charge in [-0.3, -0.25) is 0 Å². The van der Waals surface area contributed by atoms with E-state index < -0.39 is 0 Å². The Kier molecular flexibility index (Phi) is 5.34. The molecule has 0 fully saturated rings. The fraction of sp³-hybridized carbons (Fsp3) is 0.600. The predicted molar refractivity (Wildman–Crippen MR) is 74.9 cm³/mol. The van der Waals surface area contributed by atoms with E-state index in [1.807, 2.05) is 0 Å². The van der Waals surface area contributed by atoms with Gasteiger partial charge in [0.15, 0.2) is 0 Å². The molecule has 0 unspecified atom stereocenters.